The largest absolute Gasteiger partial charge is 0.495 e. The molecule has 0 atom stereocenters. The number of carbonyl (C=O) groups is 1. The predicted molar refractivity (Wildman–Crippen MR) is 111 cm³/mol. The Morgan fingerprint density at radius 2 is 1.93 bits per heavy atom. The number of aromatic nitrogens is 1. The summed E-state index contributed by atoms with van der Waals surface area (Å²) in [5.74, 6) is 1.28. The summed E-state index contributed by atoms with van der Waals surface area (Å²) in [5.41, 5.74) is 5.00. The highest BCUT2D eigenvalue weighted by molar-refractivity contribution is 6.05. The van der Waals surface area contributed by atoms with Crippen molar-refractivity contribution >= 4 is 17.4 Å². The van der Waals surface area contributed by atoms with Crippen molar-refractivity contribution in [3.8, 4) is 5.75 Å². The monoisotopic (exact) mass is 373 g/mol. The van der Waals surface area contributed by atoms with E-state index in [0.29, 0.717) is 17.0 Å². The van der Waals surface area contributed by atoms with Gasteiger partial charge in [0.1, 0.15) is 11.6 Å². The minimum absolute atomic E-state index is 0.176. The lowest BCUT2D eigenvalue weighted by molar-refractivity contribution is 0.102. The molecule has 0 spiro atoms. The Morgan fingerprint density at radius 3 is 2.75 bits per heavy atom. The molecule has 0 saturated heterocycles. The van der Waals surface area contributed by atoms with Gasteiger partial charge in [-0.2, -0.15) is 0 Å². The van der Waals surface area contributed by atoms with E-state index >= 15 is 0 Å². The number of amides is 1. The van der Waals surface area contributed by atoms with Crippen molar-refractivity contribution in [2.24, 2.45) is 0 Å². The minimum Gasteiger partial charge on any atom is -0.495 e. The first-order valence-electron chi connectivity index (χ1n) is 9.38. The summed E-state index contributed by atoms with van der Waals surface area (Å²) in [4.78, 5) is 19.5. The van der Waals surface area contributed by atoms with E-state index in [1.807, 2.05) is 31.2 Å². The maximum absolute atomic E-state index is 12.8. The van der Waals surface area contributed by atoms with Crippen LogP contribution in [0.1, 0.15) is 27.0 Å². The molecule has 2 heterocycles. The molecule has 1 aromatic heterocycles. The van der Waals surface area contributed by atoms with E-state index in [2.05, 4.69) is 39.5 Å². The minimum atomic E-state index is -0.176. The lowest BCUT2D eigenvalue weighted by Gasteiger charge is -2.29. The van der Waals surface area contributed by atoms with Gasteiger partial charge in [0.15, 0.2) is 0 Å². The third-order valence-electron chi connectivity index (χ3n) is 5.07. The van der Waals surface area contributed by atoms with Crippen LogP contribution < -0.4 is 15.0 Å². The molecule has 4 rings (SSSR count). The van der Waals surface area contributed by atoms with Gasteiger partial charge in [-0.15, -0.1) is 0 Å². The summed E-state index contributed by atoms with van der Waals surface area (Å²) in [6.07, 6.45) is 2.67. The molecule has 0 radical (unpaired) electrons. The fourth-order valence-corrected chi connectivity index (χ4v) is 3.54. The van der Waals surface area contributed by atoms with Gasteiger partial charge in [-0.3, -0.25) is 4.79 Å². The van der Waals surface area contributed by atoms with Crippen molar-refractivity contribution in [1.82, 2.24) is 4.98 Å². The predicted octanol–water partition coefficient (Wildman–Crippen LogP) is 4.21. The summed E-state index contributed by atoms with van der Waals surface area (Å²) < 4.78 is 5.35. The fourth-order valence-electron chi connectivity index (χ4n) is 3.54. The molecule has 0 saturated carbocycles. The van der Waals surface area contributed by atoms with E-state index in [4.69, 9.17) is 4.74 Å². The molecule has 0 bridgehead atoms. The highest BCUT2D eigenvalue weighted by Crippen LogP contribution is 2.27. The average molecular weight is 373 g/mol. The first-order chi connectivity index (χ1) is 13.6. The second-order valence-electron chi connectivity index (χ2n) is 7.00. The average Bonchev–Trinajstić information content (AvgIpc) is 2.73. The van der Waals surface area contributed by atoms with Gasteiger partial charge in [0.05, 0.1) is 12.8 Å². The lowest BCUT2D eigenvalue weighted by Crippen LogP contribution is -2.31. The van der Waals surface area contributed by atoms with Crippen LogP contribution in [0.25, 0.3) is 0 Å². The van der Waals surface area contributed by atoms with Gasteiger partial charge in [0.2, 0.25) is 0 Å². The van der Waals surface area contributed by atoms with E-state index in [1.165, 1.54) is 11.1 Å². The molecule has 1 aliphatic heterocycles. The maximum atomic E-state index is 12.8. The molecule has 1 amide bonds. The normalized spacial score (nSPS) is 13.0. The number of carbonyl (C=O) groups excluding carboxylic acids is 1. The van der Waals surface area contributed by atoms with Gasteiger partial charge >= 0.3 is 0 Å². The van der Waals surface area contributed by atoms with Crippen LogP contribution in [0.5, 0.6) is 5.75 Å². The van der Waals surface area contributed by atoms with E-state index in [0.717, 1.165) is 30.9 Å². The number of anilines is 2. The molecule has 142 valence electrons. The van der Waals surface area contributed by atoms with Gasteiger partial charge in [-0.05, 0) is 54.3 Å². The number of methoxy groups -OCH3 is 1. The SMILES string of the molecule is COc1ccc(C)cc1NC(=O)c1ccnc(N2CCc3ccccc3C2)c1. The third-order valence-corrected chi connectivity index (χ3v) is 5.07. The lowest BCUT2D eigenvalue weighted by atomic mass is 10.00. The third kappa shape index (κ3) is 3.69. The van der Waals surface area contributed by atoms with Crippen molar-refractivity contribution < 1.29 is 9.53 Å². The van der Waals surface area contributed by atoms with Crippen LogP contribution >= 0.6 is 0 Å². The topological polar surface area (TPSA) is 54.5 Å². The number of pyridine rings is 1. The molecular weight excluding hydrogens is 350 g/mol. The second-order valence-corrected chi connectivity index (χ2v) is 7.00. The molecule has 5 nitrogen and oxygen atoms in total. The number of nitrogens with one attached hydrogen (secondary N) is 1. The molecule has 1 N–H and O–H groups in total. The molecule has 0 fully saturated rings. The first kappa shape index (κ1) is 18.0. The van der Waals surface area contributed by atoms with Crippen LogP contribution in [0.4, 0.5) is 11.5 Å². The Balaban J connectivity index is 1.54. The van der Waals surface area contributed by atoms with Gasteiger partial charge in [-0.25, -0.2) is 4.98 Å². The highest BCUT2D eigenvalue weighted by Gasteiger charge is 2.18. The number of benzene rings is 2. The number of fused-ring (bicyclic) bond motifs is 1. The van der Waals surface area contributed by atoms with Crippen molar-refractivity contribution in [2.45, 2.75) is 19.9 Å². The number of rotatable bonds is 4. The number of hydrogen-bond acceptors (Lipinski definition) is 4. The van der Waals surface area contributed by atoms with Crippen LogP contribution in [0, 0.1) is 6.92 Å². The van der Waals surface area contributed by atoms with Crippen molar-refractivity contribution in [3.63, 3.8) is 0 Å². The number of ether oxygens (including phenoxy) is 1. The van der Waals surface area contributed by atoms with Crippen LogP contribution in [0.2, 0.25) is 0 Å². The zero-order valence-corrected chi connectivity index (χ0v) is 16.1. The van der Waals surface area contributed by atoms with E-state index in [1.54, 1.807) is 19.4 Å². The second kappa shape index (κ2) is 7.72. The zero-order valence-electron chi connectivity index (χ0n) is 16.1. The Labute approximate surface area is 165 Å². The molecule has 0 unspecified atom stereocenters. The number of nitrogens with zero attached hydrogens (tertiary/aromatic N) is 2. The Hall–Kier alpha value is -3.34. The molecule has 1 aliphatic rings. The summed E-state index contributed by atoms with van der Waals surface area (Å²) in [7, 11) is 1.60. The molecule has 5 heteroatoms. The zero-order chi connectivity index (χ0) is 19.5. The Kier molecular flexibility index (Phi) is 4.98. The summed E-state index contributed by atoms with van der Waals surface area (Å²) in [6, 6.07) is 17.8. The Bertz CT molecular complexity index is 1020. The molecular formula is C23H23N3O2. The van der Waals surface area contributed by atoms with E-state index < -0.39 is 0 Å². The van der Waals surface area contributed by atoms with E-state index in [-0.39, 0.29) is 5.91 Å². The molecule has 2 aromatic carbocycles. The van der Waals surface area contributed by atoms with Crippen LogP contribution in [0.15, 0.2) is 60.8 Å². The highest BCUT2D eigenvalue weighted by atomic mass is 16.5. The quantitative estimate of drug-likeness (QED) is 0.744. The summed E-state index contributed by atoms with van der Waals surface area (Å²) in [5, 5.41) is 2.95. The summed E-state index contributed by atoms with van der Waals surface area (Å²) in [6.45, 7) is 3.68. The van der Waals surface area contributed by atoms with Crippen molar-refractivity contribution in [1.29, 1.82) is 0 Å². The van der Waals surface area contributed by atoms with Crippen LogP contribution in [-0.4, -0.2) is 24.5 Å². The van der Waals surface area contributed by atoms with Gasteiger partial charge < -0.3 is 15.0 Å². The van der Waals surface area contributed by atoms with Gasteiger partial charge in [0.25, 0.3) is 5.91 Å². The standard InChI is InChI=1S/C23H23N3O2/c1-16-7-8-21(28-2)20(13-16)25-23(27)18-9-11-24-22(14-18)26-12-10-17-5-3-4-6-19(17)15-26/h3-9,11,13-14H,10,12,15H2,1-2H3,(H,25,27). The number of aryl methyl sites for hydroxylation is 1. The maximum Gasteiger partial charge on any atom is 0.255 e. The van der Waals surface area contributed by atoms with Gasteiger partial charge in [-0.1, -0.05) is 30.3 Å². The number of hydrogen-bond donors (Lipinski definition) is 1. The van der Waals surface area contributed by atoms with Gasteiger partial charge in [0, 0.05) is 24.8 Å². The van der Waals surface area contributed by atoms with E-state index in [9.17, 15) is 4.79 Å². The van der Waals surface area contributed by atoms with Crippen molar-refractivity contribution in [3.05, 3.63) is 83.0 Å². The fraction of sp³-hybridized carbons (Fsp3) is 0.217. The Morgan fingerprint density at radius 1 is 1.11 bits per heavy atom. The van der Waals surface area contributed by atoms with Crippen LogP contribution in [-0.2, 0) is 13.0 Å². The smallest absolute Gasteiger partial charge is 0.255 e. The molecule has 0 aliphatic carbocycles. The summed E-state index contributed by atoms with van der Waals surface area (Å²) >= 11 is 0. The van der Waals surface area contributed by atoms with Crippen LogP contribution in [0.3, 0.4) is 0 Å². The first-order valence-corrected chi connectivity index (χ1v) is 9.38. The van der Waals surface area contributed by atoms with Crippen molar-refractivity contribution in [2.75, 3.05) is 23.9 Å². The molecule has 28 heavy (non-hydrogen) atoms. The molecule has 3 aromatic rings.